The van der Waals surface area contributed by atoms with Gasteiger partial charge in [0.2, 0.25) is 0 Å². The van der Waals surface area contributed by atoms with Gasteiger partial charge >= 0.3 is 6.36 Å². The largest absolute Gasteiger partial charge is 0.573 e. The average Bonchev–Trinajstić information content (AvgIpc) is 2.78. The maximum Gasteiger partial charge on any atom is 0.573 e. The molecule has 0 unspecified atom stereocenters. The molecule has 1 aromatic carbocycles. The van der Waals surface area contributed by atoms with E-state index in [4.69, 9.17) is 5.11 Å². The van der Waals surface area contributed by atoms with Gasteiger partial charge in [0, 0.05) is 55.6 Å². The van der Waals surface area contributed by atoms with Gasteiger partial charge in [-0.1, -0.05) is 6.07 Å². The summed E-state index contributed by atoms with van der Waals surface area (Å²) in [5, 5.41) is 11.7. The first-order valence-electron chi connectivity index (χ1n) is 9.66. The van der Waals surface area contributed by atoms with E-state index >= 15 is 0 Å². The van der Waals surface area contributed by atoms with E-state index in [2.05, 4.69) is 20.0 Å². The minimum atomic E-state index is -4.79. The topological polar surface area (TPSA) is 87.6 Å². The molecule has 2 aromatic heterocycles. The molecule has 7 nitrogen and oxygen atoms in total. The second kappa shape index (κ2) is 10.1. The highest BCUT2D eigenvalue weighted by atomic mass is 19.4. The van der Waals surface area contributed by atoms with E-state index in [0.717, 1.165) is 17.7 Å². The van der Waals surface area contributed by atoms with Crippen molar-refractivity contribution in [3.05, 3.63) is 66.6 Å². The van der Waals surface area contributed by atoms with Crippen LogP contribution >= 0.6 is 0 Å². The zero-order valence-corrected chi connectivity index (χ0v) is 17.1. The molecular formula is C22H21F3N4O3. The Morgan fingerprint density at radius 2 is 1.94 bits per heavy atom. The van der Waals surface area contributed by atoms with Crippen LogP contribution in [0.2, 0.25) is 0 Å². The summed E-state index contributed by atoms with van der Waals surface area (Å²) in [6, 6.07) is 10.1. The van der Waals surface area contributed by atoms with Crippen LogP contribution in [0, 0.1) is 0 Å². The molecule has 0 spiro atoms. The lowest BCUT2D eigenvalue weighted by Gasteiger charge is -2.21. The molecule has 0 saturated heterocycles. The highest BCUT2D eigenvalue weighted by molar-refractivity contribution is 6.05. The number of alkyl halides is 3. The molecular weight excluding hydrogens is 425 g/mol. The normalized spacial score (nSPS) is 11.2. The second-order valence-electron chi connectivity index (χ2n) is 6.86. The van der Waals surface area contributed by atoms with E-state index in [0.29, 0.717) is 30.0 Å². The van der Waals surface area contributed by atoms with E-state index in [-0.39, 0.29) is 17.9 Å². The summed E-state index contributed by atoms with van der Waals surface area (Å²) in [7, 11) is 1.84. The van der Waals surface area contributed by atoms with E-state index in [9.17, 15) is 18.0 Å². The van der Waals surface area contributed by atoms with Crippen LogP contribution < -0.4 is 15.0 Å². The molecule has 2 heterocycles. The Labute approximate surface area is 182 Å². The Balaban J connectivity index is 1.83. The second-order valence-corrected chi connectivity index (χ2v) is 6.86. The number of aliphatic hydroxyl groups excluding tert-OH is 1. The minimum Gasteiger partial charge on any atom is -0.406 e. The van der Waals surface area contributed by atoms with Crippen LogP contribution in [-0.4, -0.2) is 47.5 Å². The number of carbonyl (C=O) groups excluding carboxylic acids is 1. The molecule has 1 amide bonds. The van der Waals surface area contributed by atoms with E-state index in [1.54, 1.807) is 24.5 Å². The van der Waals surface area contributed by atoms with Crippen molar-refractivity contribution in [1.82, 2.24) is 9.97 Å². The third kappa shape index (κ3) is 6.17. The Morgan fingerprint density at radius 1 is 1.19 bits per heavy atom. The number of nitrogens with one attached hydrogen (secondary N) is 1. The fourth-order valence-electron chi connectivity index (χ4n) is 2.98. The summed E-state index contributed by atoms with van der Waals surface area (Å²) in [4.78, 5) is 23.2. The van der Waals surface area contributed by atoms with Crippen molar-refractivity contribution in [2.45, 2.75) is 12.8 Å². The zero-order valence-electron chi connectivity index (χ0n) is 17.1. The van der Waals surface area contributed by atoms with Crippen LogP contribution in [-0.2, 0) is 0 Å². The van der Waals surface area contributed by atoms with Crippen molar-refractivity contribution >= 4 is 17.4 Å². The lowest BCUT2D eigenvalue weighted by molar-refractivity contribution is -0.274. The number of hydrogen-bond donors (Lipinski definition) is 2. The SMILES string of the molecule is CN(CCCO)c1ncc(C(=O)Nc2ccc(OC(F)(F)F)cc2)cc1-c1cccnc1. The fraction of sp³-hybridized carbons (Fsp3) is 0.227. The summed E-state index contributed by atoms with van der Waals surface area (Å²) >= 11 is 0. The van der Waals surface area contributed by atoms with Crippen LogP contribution in [0.3, 0.4) is 0 Å². The molecule has 3 rings (SSSR count). The predicted octanol–water partition coefficient (Wildman–Crippen LogP) is 4.11. The quantitative estimate of drug-likeness (QED) is 0.542. The molecule has 2 N–H and O–H groups in total. The van der Waals surface area contributed by atoms with Gasteiger partial charge in [-0.2, -0.15) is 0 Å². The monoisotopic (exact) mass is 446 g/mol. The van der Waals surface area contributed by atoms with Crippen molar-refractivity contribution in [2.75, 3.05) is 30.4 Å². The molecule has 0 aliphatic rings. The number of aliphatic hydroxyl groups is 1. The molecule has 0 bridgehead atoms. The van der Waals surface area contributed by atoms with E-state index in [1.165, 1.54) is 18.3 Å². The van der Waals surface area contributed by atoms with Crippen molar-refractivity contribution in [3.63, 3.8) is 0 Å². The molecule has 168 valence electrons. The van der Waals surface area contributed by atoms with Crippen LogP contribution in [0.1, 0.15) is 16.8 Å². The van der Waals surface area contributed by atoms with Gasteiger partial charge in [-0.3, -0.25) is 9.78 Å². The average molecular weight is 446 g/mol. The summed E-state index contributed by atoms with van der Waals surface area (Å²) in [5.41, 5.74) is 2.00. The van der Waals surface area contributed by atoms with Crippen LogP contribution in [0.15, 0.2) is 61.1 Å². The predicted molar refractivity (Wildman–Crippen MR) is 114 cm³/mol. The number of nitrogens with zero attached hydrogens (tertiary/aromatic N) is 3. The van der Waals surface area contributed by atoms with Crippen LogP contribution in [0.4, 0.5) is 24.7 Å². The number of carbonyl (C=O) groups is 1. The zero-order chi connectivity index (χ0) is 23.1. The number of ether oxygens (including phenoxy) is 1. The van der Waals surface area contributed by atoms with Gasteiger partial charge < -0.3 is 20.1 Å². The third-order valence-corrected chi connectivity index (χ3v) is 4.46. The first-order valence-corrected chi connectivity index (χ1v) is 9.66. The van der Waals surface area contributed by atoms with Gasteiger partial charge in [-0.05, 0) is 42.8 Å². The number of benzene rings is 1. The lowest BCUT2D eigenvalue weighted by atomic mass is 10.1. The number of rotatable bonds is 8. The number of halogens is 3. The van der Waals surface area contributed by atoms with Gasteiger partial charge in [0.1, 0.15) is 11.6 Å². The van der Waals surface area contributed by atoms with Crippen molar-refractivity contribution in [1.29, 1.82) is 0 Å². The summed E-state index contributed by atoms with van der Waals surface area (Å²) in [6.07, 6.45) is 0.476. The van der Waals surface area contributed by atoms with Crippen molar-refractivity contribution in [2.24, 2.45) is 0 Å². The highest BCUT2D eigenvalue weighted by Crippen LogP contribution is 2.29. The smallest absolute Gasteiger partial charge is 0.406 e. The van der Waals surface area contributed by atoms with Crippen molar-refractivity contribution in [3.8, 4) is 16.9 Å². The summed E-state index contributed by atoms with van der Waals surface area (Å²) in [6.45, 7) is 0.606. The van der Waals surface area contributed by atoms with Gasteiger partial charge in [0.15, 0.2) is 0 Å². The Hall–Kier alpha value is -3.66. The Kier molecular flexibility index (Phi) is 7.26. The first-order chi connectivity index (χ1) is 15.3. The van der Waals surface area contributed by atoms with Crippen molar-refractivity contribution < 1.29 is 27.8 Å². The van der Waals surface area contributed by atoms with Crippen LogP contribution in [0.25, 0.3) is 11.1 Å². The highest BCUT2D eigenvalue weighted by Gasteiger charge is 2.31. The molecule has 0 saturated carbocycles. The van der Waals surface area contributed by atoms with E-state index in [1.807, 2.05) is 18.0 Å². The molecule has 0 radical (unpaired) electrons. The lowest BCUT2D eigenvalue weighted by Crippen LogP contribution is -2.22. The van der Waals surface area contributed by atoms with Gasteiger partial charge in [-0.15, -0.1) is 13.2 Å². The van der Waals surface area contributed by atoms with Gasteiger partial charge in [0.25, 0.3) is 5.91 Å². The molecule has 0 atom stereocenters. The summed E-state index contributed by atoms with van der Waals surface area (Å²) < 4.78 is 40.7. The number of pyridine rings is 2. The van der Waals surface area contributed by atoms with Gasteiger partial charge in [-0.25, -0.2) is 4.98 Å². The molecule has 10 heteroatoms. The molecule has 0 aliphatic heterocycles. The fourth-order valence-corrected chi connectivity index (χ4v) is 2.98. The molecule has 3 aromatic rings. The molecule has 32 heavy (non-hydrogen) atoms. The Bertz CT molecular complexity index is 1040. The van der Waals surface area contributed by atoms with Gasteiger partial charge in [0.05, 0.1) is 5.56 Å². The first kappa shape index (κ1) is 23.0. The molecule has 0 aliphatic carbocycles. The maximum atomic E-state index is 12.7. The number of amides is 1. The third-order valence-electron chi connectivity index (χ3n) is 4.46. The number of anilines is 2. The maximum absolute atomic E-state index is 12.7. The van der Waals surface area contributed by atoms with Crippen LogP contribution in [0.5, 0.6) is 5.75 Å². The molecule has 0 fully saturated rings. The standard InChI is InChI=1S/C22H21F3N4O3/c1-29(10-3-11-30)20-19(15-4-2-9-26-13-15)12-16(14-27-20)21(31)28-17-5-7-18(8-6-17)32-22(23,24)25/h2,4-9,12-14,30H,3,10-11H2,1H3,(H,28,31). The Morgan fingerprint density at radius 3 is 2.56 bits per heavy atom. The summed E-state index contributed by atoms with van der Waals surface area (Å²) in [5.74, 6) is -0.236. The minimum absolute atomic E-state index is 0.0415. The number of aromatic nitrogens is 2. The number of hydrogen-bond acceptors (Lipinski definition) is 6. The van der Waals surface area contributed by atoms with E-state index < -0.39 is 12.3 Å².